The maximum absolute atomic E-state index is 6.03. The molecule has 0 atom stereocenters. The first-order valence-corrected chi connectivity index (χ1v) is 5.98. The molecule has 0 radical (unpaired) electrons. The molecular formula is C11H13BrClN. The minimum atomic E-state index is 0.134. The van der Waals surface area contributed by atoms with Crippen LogP contribution in [-0.4, -0.2) is 5.54 Å². The van der Waals surface area contributed by atoms with Gasteiger partial charge in [0.05, 0.1) is 0 Å². The zero-order valence-corrected chi connectivity index (χ0v) is 10.2. The maximum Gasteiger partial charge on any atom is 0.0419 e. The van der Waals surface area contributed by atoms with Gasteiger partial charge in [-0.1, -0.05) is 27.5 Å². The quantitative estimate of drug-likeness (QED) is 0.896. The first-order valence-electron chi connectivity index (χ1n) is 4.81. The van der Waals surface area contributed by atoms with E-state index in [1.165, 1.54) is 18.4 Å². The summed E-state index contributed by atoms with van der Waals surface area (Å²) in [7, 11) is 0. The normalized spacial score (nSPS) is 18.2. The molecule has 1 aromatic carbocycles. The smallest absolute Gasteiger partial charge is 0.0419 e. The van der Waals surface area contributed by atoms with Crippen LogP contribution in [0.1, 0.15) is 24.8 Å². The van der Waals surface area contributed by atoms with Crippen molar-refractivity contribution in [3.05, 3.63) is 33.3 Å². The number of benzene rings is 1. The molecule has 0 aromatic heterocycles. The van der Waals surface area contributed by atoms with Gasteiger partial charge >= 0.3 is 0 Å². The van der Waals surface area contributed by atoms with E-state index in [1.807, 2.05) is 12.1 Å². The lowest BCUT2D eigenvalue weighted by atomic mass is 10.0. The molecule has 0 saturated heterocycles. The van der Waals surface area contributed by atoms with Crippen molar-refractivity contribution in [3.8, 4) is 0 Å². The Hall–Kier alpha value is -0.0500. The summed E-state index contributed by atoms with van der Waals surface area (Å²) in [5.41, 5.74) is 7.42. The predicted molar refractivity (Wildman–Crippen MR) is 63.6 cm³/mol. The number of hydrogen-bond acceptors (Lipinski definition) is 1. The Labute approximate surface area is 97.8 Å². The minimum absolute atomic E-state index is 0.134. The molecule has 0 aliphatic heterocycles. The van der Waals surface area contributed by atoms with Crippen molar-refractivity contribution in [2.24, 2.45) is 5.73 Å². The van der Waals surface area contributed by atoms with Gasteiger partial charge in [0.1, 0.15) is 0 Å². The van der Waals surface area contributed by atoms with Crippen molar-refractivity contribution >= 4 is 27.5 Å². The number of aryl methyl sites for hydroxylation is 1. The summed E-state index contributed by atoms with van der Waals surface area (Å²) >= 11 is 9.39. The van der Waals surface area contributed by atoms with Crippen LogP contribution in [0.25, 0.3) is 0 Å². The van der Waals surface area contributed by atoms with Gasteiger partial charge in [0.25, 0.3) is 0 Å². The van der Waals surface area contributed by atoms with Crippen LogP contribution >= 0.6 is 27.5 Å². The zero-order chi connectivity index (χ0) is 10.2. The molecule has 0 bridgehead atoms. The lowest BCUT2D eigenvalue weighted by molar-refractivity contribution is 0.609. The summed E-state index contributed by atoms with van der Waals surface area (Å²) in [5, 5.41) is 0.788. The molecule has 0 amide bonds. The van der Waals surface area contributed by atoms with Gasteiger partial charge in [0, 0.05) is 15.0 Å². The van der Waals surface area contributed by atoms with Crippen LogP contribution in [-0.2, 0) is 6.42 Å². The monoisotopic (exact) mass is 273 g/mol. The third kappa shape index (κ3) is 2.72. The van der Waals surface area contributed by atoms with Crippen LogP contribution in [0.4, 0.5) is 0 Å². The highest BCUT2D eigenvalue weighted by atomic mass is 79.9. The van der Waals surface area contributed by atoms with Crippen molar-refractivity contribution in [1.29, 1.82) is 0 Å². The van der Waals surface area contributed by atoms with Gasteiger partial charge in [-0.25, -0.2) is 0 Å². The Morgan fingerprint density at radius 3 is 2.64 bits per heavy atom. The zero-order valence-electron chi connectivity index (χ0n) is 7.89. The molecule has 2 N–H and O–H groups in total. The molecule has 1 aliphatic carbocycles. The van der Waals surface area contributed by atoms with E-state index in [-0.39, 0.29) is 5.54 Å². The van der Waals surface area contributed by atoms with Crippen LogP contribution < -0.4 is 5.73 Å². The first-order chi connectivity index (χ1) is 6.57. The highest BCUT2D eigenvalue weighted by Gasteiger charge is 2.37. The molecule has 0 heterocycles. The van der Waals surface area contributed by atoms with Crippen LogP contribution in [0.3, 0.4) is 0 Å². The van der Waals surface area contributed by atoms with Crippen molar-refractivity contribution in [2.45, 2.75) is 31.2 Å². The molecule has 0 spiro atoms. The predicted octanol–water partition coefficient (Wildman–Crippen LogP) is 3.53. The van der Waals surface area contributed by atoms with Gasteiger partial charge in [-0.3, -0.25) is 0 Å². The van der Waals surface area contributed by atoms with Gasteiger partial charge in [-0.2, -0.15) is 0 Å². The molecule has 2 rings (SSSR count). The molecule has 76 valence electrons. The van der Waals surface area contributed by atoms with Gasteiger partial charge in [-0.15, -0.1) is 0 Å². The SMILES string of the molecule is NC1(CCc2cc(Cl)cc(Br)c2)CC1. The first kappa shape index (κ1) is 10.5. The van der Waals surface area contributed by atoms with Crippen molar-refractivity contribution in [2.75, 3.05) is 0 Å². The summed E-state index contributed by atoms with van der Waals surface area (Å²) in [5.74, 6) is 0. The van der Waals surface area contributed by atoms with E-state index < -0.39 is 0 Å². The fourth-order valence-electron chi connectivity index (χ4n) is 1.56. The summed E-state index contributed by atoms with van der Waals surface area (Å²) in [6.07, 6.45) is 4.44. The molecule has 14 heavy (non-hydrogen) atoms. The second-order valence-corrected chi connectivity index (χ2v) is 5.49. The largest absolute Gasteiger partial charge is 0.325 e. The maximum atomic E-state index is 6.03. The van der Waals surface area contributed by atoms with E-state index in [1.54, 1.807) is 0 Å². The van der Waals surface area contributed by atoms with Gasteiger partial charge in [0.2, 0.25) is 0 Å². The van der Waals surface area contributed by atoms with E-state index in [2.05, 4.69) is 22.0 Å². The van der Waals surface area contributed by atoms with Crippen molar-refractivity contribution in [1.82, 2.24) is 0 Å². The Morgan fingerprint density at radius 1 is 1.36 bits per heavy atom. The van der Waals surface area contributed by atoms with Crippen molar-refractivity contribution < 1.29 is 0 Å². The van der Waals surface area contributed by atoms with E-state index in [4.69, 9.17) is 17.3 Å². The average Bonchev–Trinajstić information content (AvgIpc) is 2.80. The molecule has 3 heteroatoms. The number of halogens is 2. The standard InChI is InChI=1S/C11H13BrClN/c12-9-5-8(6-10(13)7-9)1-2-11(14)3-4-11/h5-7H,1-4,14H2. The topological polar surface area (TPSA) is 26.0 Å². The van der Waals surface area contributed by atoms with Crippen LogP contribution in [0.5, 0.6) is 0 Å². The highest BCUT2D eigenvalue weighted by Crippen LogP contribution is 2.36. The van der Waals surface area contributed by atoms with E-state index in [0.29, 0.717) is 0 Å². The van der Waals surface area contributed by atoms with Gasteiger partial charge < -0.3 is 5.73 Å². The van der Waals surface area contributed by atoms with Gasteiger partial charge in [0.15, 0.2) is 0 Å². The minimum Gasteiger partial charge on any atom is -0.325 e. The summed E-state index contributed by atoms with van der Waals surface area (Å²) in [6, 6.07) is 6.02. The molecule has 1 fully saturated rings. The van der Waals surface area contributed by atoms with Crippen LogP contribution in [0.15, 0.2) is 22.7 Å². The second kappa shape index (κ2) is 3.84. The number of hydrogen-bond donors (Lipinski definition) is 1. The van der Waals surface area contributed by atoms with E-state index in [0.717, 1.165) is 22.3 Å². The molecular weight excluding hydrogens is 261 g/mol. The lowest BCUT2D eigenvalue weighted by Crippen LogP contribution is -2.22. The Balaban J connectivity index is 2.01. The molecule has 0 unspecified atom stereocenters. The Kier molecular flexibility index (Phi) is 2.87. The second-order valence-electron chi connectivity index (χ2n) is 4.14. The fourth-order valence-corrected chi connectivity index (χ4v) is 2.49. The summed E-state index contributed by atoms with van der Waals surface area (Å²) < 4.78 is 1.04. The Bertz CT molecular complexity index is 327. The highest BCUT2D eigenvalue weighted by molar-refractivity contribution is 9.10. The van der Waals surface area contributed by atoms with Crippen molar-refractivity contribution in [3.63, 3.8) is 0 Å². The van der Waals surface area contributed by atoms with Crippen LogP contribution in [0, 0.1) is 0 Å². The average molecular weight is 275 g/mol. The van der Waals surface area contributed by atoms with E-state index >= 15 is 0 Å². The fraction of sp³-hybridized carbons (Fsp3) is 0.455. The number of rotatable bonds is 3. The molecule has 1 nitrogen and oxygen atoms in total. The molecule has 1 aromatic rings. The summed E-state index contributed by atoms with van der Waals surface area (Å²) in [6.45, 7) is 0. The van der Waals surface area contributed by atoms with Gasteiger partial charge in [-0.05, 0) is 49.4 Å². The Morgan fingerprint density at radius 2 is 2.07 bits per heavy atom. The summed E-state index contributed by atoms with van der Waals surface area (Å²) in [4.78, 5) is 0. The molecule has 1 aliphatic rings. The third-order valence-electron chi connectivity index (χ3n) is 2.73. The van der Waals surface area contributed by atoms with E-state index in [9.17, 15) is 0 Å². The number of nitrogens with two attached hydrogens (primary N) is 1. The van der Waals surface area contributed by atoms with Crippen LogP contribution in [0.2, 0.25) is 5.02 Å². The lowest BCUT2D eigenvalue weighted by Gasteiger charge is -2.08. The third-order valence-corrected chi connectivity index (χ3v) is 3.40. The molecule has 1 saturated carbocycles.